The van der Waals surface area contributed by atoms with Crippen molar-refractivity contribution in [2.75, 3.05) is 20.1 Å². The average molecular weight is 234 g/mol. The Morgan fingerprint density at radius 1 is 1.00 bits per heavy atom. The van der Waals surface area contributed by atoms with Crippen molar-refractivity contribution in [3.63, 3.8) is 0 Å². The number of hydrogen-bond donors (Lipinski definition) is 1. The third-order valence-corrected chi connectivity index (χ3v) is 3.07. The molecule has 0 aliphatic heterocycles. The number of rotatable bonds is 8. The zero-order valence-electron chi connectivity index (χ0n) is 11.3. The van der Waals surface area contributed by atoms with E-state index in [1.807, 2.05) is 0 Å². The highest BCUT2D eigenvalue weighted by Crippen LogP contribution is 2.07. The SMILES string of the molecule is Cc1ccc(CN(C)CCCCCCN)cc1. The maximum Gasteiger partial charge on any atom is 0.0230 e. The molecule has 2 nitrogen and oxygen atoms in total. The molecule has 0 saturated heterocycles. The molecule has 0 atom stereocenters. The third-order valence-electron chi connectivity index (χ3n) is 3.07. The van der Waals surface area contributed by atoms with E-state index in [1.165, 1.54) is 43.4 Å². The lowest BCUT2D eigenvalue weighted by Gasteiger charge is -2.16. The summed E-state index contributed by atoms with van der Waals surface area (Å²) in [5.41, 5.74) is 8.21. The maximum atomic E-state index is 5.47. The Balaban J connectivity index is 2.16. The summed E-state index contributed by atoms with van der Waals surface area (Å²) in [5.74, 6) is 0. The van der Waals surface area contributed by atoms with E-state index in [0.717, 1.165) is 13.1 Å². The summed E-state index contributed by atoms with van der Waals surface area (Å²) in [4.78, 5) is 2.40. The summed E-state index contributed by atoms with van der Waals surface area (Å²) in [6, 6.07) is 8.81. The second-order valence-corrected chi connectivity index (χ2v) is 4.93. The van der Waals surface area contributed by atoms with Crippen LogP contribution in [0.1, 0.15) is 36.8 Å². The minimum Gasteiger partial charge on any atom is -0.330 e. The van der Waals surface area contributed by atoms with Crippen LogP contribution in [-0.4, -0.2) is 25.0 Å². The van der Waals surface area contributed by atoms with Crippen molar-refractivity contribution in [2.45, 2.75) is 39.2 Å². The van der Waals surface area contributed by atoms with E-state index in [2.05, 4.69) is 43.1 Å². The Hall–Kier alpha value is -0.860. The van der Waals surface area contributed by atoms with Gasteiger partial charge >= 0.3 is 0 Å². The van der Waals surface area contributed by atoms with Gasteiger partial charge in [0.2, 0.25) is 0 Å². The summed E-state index contributed by atoms with van der Waals surface area (Å²) < 4.78 is 0. The summed E-state index contributed by atoms with van der Waals surface area (Å²) in [6.07, 6.45) is 5.02. The molecule has 0 aromatic heterocycles. The van der Waals surface area contributed by atoms with Gasteiger partial charge in [0.25, 0.3) is 0 Å². The standard InChI is InChI=1S/C15H26N2/c1-14-7-9-15(10-8-14)13-17(2)12-6-4-3-5-11-16/h7-10H,3-6,11-13,16H2,1-2H3. The first-order valence-electron chi connectivity index (χ1n) is 6.66. The van der Waals surface area contributed by atoms with Gasteiger partial charge in [0, 0.05) is 6.54 Å². The number of aryl methyl sites for hydroxylation is 1. The Morgan fingerprint density at radius 3 is 2.29 bits per heavy atom. The second-order valence-electron chi connectivity index (χ2n) is 4.93. The average Bonchev–Trinajstić information content (AvgIpc) is 2.32. The lowest BCUT2D eigenvalue weighted by molar-refractivity contribution is 0.317. The van der Waals surface area contributed by atoms with Crippen LogP contribution in [0, 0.1) is 6.92 Å². The van der Waals surface area contributed by atoms with Crippen molar-refractivity contribution in [1.29, 1.82) is 0 Å². The third kappa shape index (κ3) is 6.44. The van der Waals surface area contributed by atoms with E-state index < -0.39 is 0 Å². The fraction of sp³-hybridized carbons (Fsp3) is 0.600. The van der Waals surface area contributed by atoms with Crippen LogP contribution in [0.3, 0.4) is 0 Å². The number of unbranched alkanes of at least 4 members (excludes halogenated alkanes) is 3. The van der Waals surface area contributed by atoms with Gasteiger partial charge in [-0.05, 0) is 45.5 Å². The molecule has 1 aromatic rings. The van der Waals surface area contributed by atoms with Crippen molar-refractivity contribution < 1.29 is 0 Å². The van der Waals surface area contributed by atoms with Gasteiger partial charge in [-0.25, -0.2) is 0 Å². The molecule has 2 N–H and O–H groups in total. The molecule has 0 amide bonds. The molecule has 1 aromatic carbocycles. The molecule has 0 radical (unpaired) electrons. The zero-order chi connectivity index (χ0) is 12.5. The lowest BCUT2D eigenvalue weighted by Crippen LogP contribution is -2.19. The van der Waals surface area contributed by atoms with Crippen LogP contribution in [0.4, 0.5) is 0 Å². The summed E-state index contributed by atoms with van der Waals surface area (Å²) in [5, 5.41) is 0. The van der Waals surface area contributed by atoms with Crippen LogP contribution < -0.4 is 5.73 Å². The molecule has 0 spiro atoms. The van der Waals surface area contributed by atoms with Crippen molar-refractivity contribution in [3.8, 4) is 0 Å². The molecule has 0 fully saturated rings. The molecule has 0 aliphatic rings. The minimum atomic E-state index is 0.833. The van der Waals surface area contributed by atoms with Gasteiger partial charge in [0.1, 0.15) is 0 Å². The number of hydrogen-bond acceptors (Lipinski definition) is 2. The van der Waals surface area contributed by atoms with Crippen LogP contribution in [0.2, 0.25) is 0 Å². The Kier molecular flexibility index (Phi) is 6.90. The van der Waals surface area contributed by atoms with Gasteiger partial charge < -0.3 is 10.6 Å². The van der Waals surface area contributed by atoms with Gasteiger partial charge in [-0.3, -0.25) is 0 Å². The first kappa shape index (κ1) is 14.2. The van der Waals surface area contributed by atoms with Crippen molar-refractivity contribution in [2.24, 2.45) is 5.73 Å². The van der Waals surface area contributed by atoms with Gasteiger partial charge in [-0.15, -0.1) is 0 Å². The normalized spacial score (nSPS) is 11.1. The molecule has 17 heavy (non-hydrogen) atoms. The number of nitrogens with zero attached hydrogens (tertiary/aromatic N) is 1. The maximum absolute atomic E-state index is 5.47. The smallest absolute Gasteiger partial charge is 0.0230 e. The van der Waals surface area contributed by atoms with E-state index in [4.69, 9.17) is 5.73 Å². The molecular weight excluding hydrogens is 208 g/mol. The predicted molar refractivity (Wildman–Crippen MR) is 75.0 cm³/mol. The predicted octanol–water partition coefficient (Wildman–Crippen LogP) is 2.95. The fourth-order valence-electron chi connectivity index (χ4n) is 1.96. The van der Waals surface area contributed by atoms with Crippen molar-refractivity contribution in [1.82, 2.24) is 4.90 Å². The first-order chi connectivity index (χ1) is 8.22. The molecule has 1 rings (SSSR count). The van der Waals surface area contributed by atoms with E-state index in [-0.39, 0.29) is 0 Å². The van der Waals surface area contributed by atoms with Crippen LogP contribution in [0.25, 0.3) is 0 Å². The minimum absolute atomic E-state index is 0.833. The Labute approximate surface area is 106 Å². The summed E-state index contributed by atoms with van der Waals surface area (Å²) >= 11 is 0. The van der Waals surface area contributed by atoms with Gasteiger partial charge in [-0.2, -0.15) is 0 Å². The molecule has 0 saturated carbocycles. The van der Waals surface area contributed by atoms with Gasteiger partial charge in [0.05, 0.1) is 0 Å². The summed E-state index contributed by atoms with van der Waals surface area (Å²) in [7, 11) is 2.20. The zero-order valence-corrected chi connectivity index (χ0v) is 11.3. The van der Waals surface area contributed by atoms with E-state index in [1.54, 1.807) is 0 Å². The molecule has 2 heteroatoms. The molecule has 0 heterocycles. The van der Waals surface area contributed by atoms with Crippen LogP contribution in [0.5, 0.6) is 0 Å². The molecule has 0 bridgehead atoms. The van der Waals surface area contributed by atoms with Crippen LogP contribution in [0.15, 0.2) is 24.3 Å². The second kappa shape index (κ2) is 8.26. The topological polar surface area (TPSA) is 29.3 Å². The fourth-order valence-corrected chi connectivity index (χ4v) is 1.96. The van der Waals surface area contributed by atoms with Gasteiger partial charge in [-0.1, -0.05) is 42.7 Å². The Bertz CT molecular complexity index is 292. The molecule has 0 unspecified atom stereocenters. The van der Waals surface area contributed by atoms with Crippen molar-refractivity contribution >= 4 is 0 Å². The largest absolute Gasteiger partial charge is 0.330 e. The molecular formula is C15H26N2. The highest BCUT2D eigenvalue weighted by Gasteiger charge is 1.99. The molecule has 96 valence electrons. The van der Waals surface area contributed by atoms with E-state index in [9.17, 15) is 0 Å². The first-order valence-corrected chi connectivity index (χ1v) is 6.66. The monoisotopic (exact) mass is 234 g/mol. The van der Waals surface area contributed by atoms with Crippen LogP contribution >= 0.6 is 0 Å². The van der Waals surface area contributed by atoms with Crippen LogP contribution in [-0.2, 0) is 6.54 Å². The highest BCUT2D eigenvalue weighted by molar-refractivity contribution is 5.21. The highest BCUT2D eigenvalue weighted by atomic mass is 15.1. The molecule has 0 aliphatic carbocycles. The van der Waals surface area contributed by atoms with E-state index >= 15 is 0 Å². The number of nitrogens with two attached hydrogens (primary N) is 1. The Morgan fingerprint density at radius 2 is 1.65 bits per heavy atom. The number of benzene rings is 1. The quantitative estimate of drug-likeness (QED) is 0.701. The summed E-state index contributed by atoms with van der Waals surface area (Å²) in [6.45, 7) is 5.19. The van der Waals surface area contributed by atoms with Gasteiger partial charge in [0.15, 0.2) is 0 Å². The van der Waals surface area contributed by atoms with Crippen molar-refractivity contribution in [3.05, 3.63) is 35.4 Å². The lowest BCUT2D eigenvalue weighted by atomic mass is 10.1. The van der Waals surface area contributed by atoms with E-state index in [0.29, 0.717) is 0 Å².